The molecule has 3 nitrogen and oxygen atoms in total. The normalized spacial score (nSPS) is 10.9. The van der Waals surface area contributed by atoms with E-state index in [9.17, 15) is 10.2 Å². The van der Waals surface area contributed by atoms with Gasteiger partial charge in [0, 0.05) is 24.2 Å². The number of hydrogen-bond donors (Lipinski definition) is 3. The monoisotopic (exact) mass is 285 g/mol. The molecule has 0 amide bonds. The molecule has 3 heteroatoms. The van der Waals surface area contributed by atoms with Gasteiger partial charge in [-0.15, -0.1) is 0 Å². The summed E-state index contributed by atoms with van der Waals surface area (Å²) in [6, 6.07) is 7.87. The smallest absolute Gasteiger partial charge is 0.123 e. The third-order valence-corrected chi connectivity index (χ3v) is 4.04. The lowest BCUT2D eigenvalue weighted by Crippen LogP contribution is -2.15. The average Bonchev–Trinajstić information content (AvgIpc) is 2.46. The summed E-state index contributed by atoms with van der Waals surface area (Å²) >= 11 is 0. The highest BCUT2D eigenvalue weighted by atomic mass is 16.3. The molecule has 0 saturated heterocycles. The molecule has 0 aliphatic rings. The molecule has 2 rings (SSSR count). The number of aryl methyl sites for hydroxylation is 4. The first-order valence-corrected chi connectivity index (χ1v) is 7.18. The zero-order valence-corrected chi connectivity index (χ0v) is 13.1. The van der Waals surface area contributed by atoms with Gasteiger partial charge >= 0.3 is 0 Å². The van der Waals surface area contributed by atoms with E-state index >= 15 is 0 Å². The number of rotatable bonds is 4. The van der Waals surface area contributed by atoms with Gasteiger partial charge < -0.3 is 15.5 Å². The molecular formula is C18H23NO2. The lowest BCUT2D eigenvalue weighted by molar-refractivity contribution is 0.453. The first-order valence-electron chi connectivity index (χ1n) is 7.18. The Kier molecular flexibility index (Phi) is 4.53. The second-order valence-electron chi connectivity index (χ2n) is 5.66. The SMILES string of the molecule is Cc1ccc(C)c(CNCc2c(C)ccc(C)c2O)c1O. The topological polar surface area (TPSA) is 52.5 Å². The second-order valence-corrected chi connectivity index (χ2v) is 5.66. The van der Waals surface area contributed by atoms with Gasteiger partial charge in [-0.1, -0.05) is 24.3 Å². The predicted molar refractivity (Wildman–Crippen MR) is 85.7 cm³/mol. The zero-order chi connectivity index (χ0) is 15.6. The van der Waals surface area contributed by atoms with Crippen LogP contribution in [0.4, 0.5) is 0 Å². The highest BCUT2D eigenvalue weighted by Gasteiger charge is 2.10. The molecule has 0 heterocycles. The van der Waals surface area contributed by atoms with Crippen LogP contribution in [0.2, 0.25) is 0 Å². The van der Waals surface area contributed by atoms with Crippen LogP contribution in [-0.2, 0) is 13.1 Å². The second kappa shape index (κ2) is 6.19. The van der Waals surface area contributed by atoms with Crippen molar-refractivity contribution in [3.8, 4) is 11.5 Å². The van der Waals surface area contributed by atoms with Crippen molar-refractivity contribution >= 4 is 0 Å². The maximum atomic E-state index is 10.1. The Morgan fingerprint density at radius 2 is 1.00 bits per heavy atom. The quantitative estimate of drug-likeness (QED) is 0.804. The van der Waals surface area contributed by atoms with E-state index < -0.39 is 0 Å². The van der Waals surface area contributed by atoms with Crippen LogP contribution in [0.25, 0.3) is 0 Å². The maximum absolute atomic E-state index is 10.1. The molecule has 0 bridgehead atoms. The fraction of sp³-hybridized carbons (Fsp3) is 0.333. The van der Waals surface area contributed by atoms with Gasteiger partial charge in [-0.3, -0.25) is 0 Å². The minimum Gasteiger partial charge on any atom is -0.507 e. The number of phenolic OH excluding ortho intramolecular Hbond substituents is 2. The van der Waals surface area contributed by atoms with E-state index in [1.807, 2.05) is 52.0 Å². The number of phenols is 2. The van der Waals surface area contributed by atoms with E-state index in [1.165, 1.54) is 0 Å². The molecule has 2 aromatic rings. The van der Waals surface area contributed by atoms with Gasteiger partial charge in [0.25, 0.3) is 0 Å². The minimum absolute atomic E-state index is 0.354. The number of benzene rings is 2. The van der Waals surface area contributed by atoms with Gasteiger partial charge in [-0.25, -0.2) is 0 Å². The summed E-state index contributed by atoms with van der Waals surface area (Å²) in [7, 11) is 0. The lowest BCUT2D eigenvalue weighted by Gasteiger charge is -2.14. The summed E-state index contributed by atoms with van der Waals surface area (Å²) in [5.74, 6) is 0.709. The summed E-state index contributed by atoms with van der Waals surface area (Å²) in [6.07, 6.45) is 0. The molecule has 21 heavy (non-hydrogen) atoms. The largest absolute Gasteiger partial charge is 0.507 e. The number of nitrogens with one attached hydrogen (secondary N) is 1. The van der Waals surface area contributed by atoms with Crippen LogP contribution >= 0.6 is 0 Å². The molecule has 2 aromatic carbocycles. The van der Waals surface area contributed by atoms with Crippen LogP contribution in [0.5, 0.6) is 11.5 Å². The van der Waals surface area contributed by atoms with Crippen molar-refractivity contribution in [2.45, 2.75) is 40.8 Å². The molecule has 0 radical (unpaired) electrons. The fourth-order valence-electron chi connectivity index (χ4n) is 2.47. The van der Waals surface area contributed by atoms with E-state index in [0.717, 1.165) is 33.4 Å². The number of aromatic hydroxyl groups is 2. The highest BCUT2D eigenvalue weighted by molar-refractivity contribution is 5.46. The van der Waals surface area contributed by atoms with E-state index in [0.29, 0.717) is 24.6 Å². The summed E-state index contributed by atoms with van der Waals surface area (Å²) in [5, 5.41) is 23.6. The molecule has 0 saturated carbocycles. The van der Waals surface area contributed by atoms with Gasteiger partial charge in [0.05, 0.1) is 0 Å². The Hall–Kier alpha value is -2.00. The molecule has 0 unspecified atom stereocenters. The highest BCUT2D eigenvalue weighted by Crippen LogP contribution is 2.27. The molecule has 0 spiro atoms. The Morgan fingerprint density at radius 1 is 0.667 bits per heavy atom. The standard InChI is InChI=1S/C18H23NO2/c1-11-5-7-13(3)17(20)15(11)9-19-10-16-12(2)6-8-14(4)18(16)21/h5-8,19-21H,9-10H2,1-4H3. The van der Waals surface area contributed by atoms with E-state index in [1.54, 1.807) is 0 Å². The Morgan fingerprint density at radius 3 is 1.38 bits per heavy atom. The van der Waals surface area contributed by atoms with Gasteiger partial charge in [-0.05, 0) is 49.9 Å². The van der Waals surface area contributed by atoms with Crippen molar-refractivity contribution < 1.29 is 10.2 Å². The molecule has 0 fully saturated rings. The van der Waals surface area contributed by atoms with Crippen LogP contribution in [0.3, 0.4) is 0 Å². The predicted octanol–water partition coefficient (Wildman–Crippen LogP) is 3.62. The van der Waals surface area contributed by atoms with Crippen molar-refractivity contribution in [1.29, 1.82) is 0 Å². The molecule has 3 N–H and O–H groups in total. The Labute approximate surface area is 126 Å². The third kappa shape index (κ3) is 3.19. The molecule has 0 aliphatic heterocycles. The Balaban J connectivity index is 2.13. The first kappa shape index (κ1) is 15.4. The van der Waals surface area contributed by atoms with Crippen molar-refractivity contribution in [1.82, 2.24) is 5.32 Å². The van der Waals surface area contributed by atoms with Crippen molar-refractivity contribution in [3.63, 3.8) is 0 Å². The molecule has 112 valence electrons. The maximum Gasteiger partial charge on any atom is 0.123 e. The summed E-state index contributed by atoms with van der Waals surface area (Å²) in [5.41, 5.74) is 5.73. The molecule has 0 aliphatic carbocycles. The molecule has 0 aromatic heterocycles. The van der Waals surface area contributed by atoms with E-state index in [2.05, 4.69) is 5.32 Å². The minimum atomic E-state index is 0.354. The fourth-order valence-corrected chi connectivity index (χ4v) is 2.47. The van der Waals surface area contributed by atoms with Gasteiger partial charge in [0.2, 0.25) is 0 Å². The lowest BCUT2D eigenvalue weighted by atomic mass is 10.0. The Bertz CT molecular complexity index is 605. The van der Waals surface area contributed by atoms with Crippen molar-refractivity contribution in [2.75, 3.05) is 0 Å². The average molecular weight is 285 g/mol. The van der Waals surface area contributed by atoms with Crippen molar-refractivity contribution in [3.05, 3.63) is 57.6 Å². The molecule has 0 atom stereocenters. The van der Waals surface area contributed by atoms with Crippen LogP contribution in [0, 0.1) is 27.7 Å². The van der Waals surface area contributed by atoms with Crippen LogP contribution in [0.15, 0.2) is 24.3 Å². The summed E-state index contributed by atoms with van der Waals surface area (Å²) in [6.45, 7) is 8.93. The molecular weight excluding hydrogens is 262 g/mol. The van der Waals surface area contributed by atoms with E-state index in [4.69, 9.17) is 0 Å². The first-order chi connectivity index (χ1) is 9.91. The van der Waals surface area contributed by atoms with E-state index in [-0.39, 0.29) is 0 Å². The summed E-state index contributed by atoms with van der Waals surface area (Å²) in [4.78, 5) is 0. The zero-order valence-electron chi connectivity index (χ0n) is 13.1. The van der Waals surface area contributed by atoms with Crippen LogP contribution in [0.1, 0.15) is 33.4 Å². The van der Waals surface area contributed by atoms with Crippen LogP contribution in [-0.4, -0.2) is 10.2 Å². The van der Waals surface area contributed by atoms with Gasteiger partial charge in [0.1, 0.15) is 11.5 Å². The van der Waals surface area contributed by atoms with Gasteiger partial charge in [0.15, 0.2) is 0 Å². The van der Waals surface area contributed by atoms with Gasteiger partial charge in [-0.2, -0.15) is 0 Å². The third-order valence-electron chi connectivity index (χ3n) is 4.04. The van der Waals surface area contributed by atoms with Crippen LogP contribution < -0.4 is 5.32 Å². The summed E-state index contributed by atoms with van der Waals surface area (Å²) < 4.78 is 0. The number of hydrogen-bond acceptors (Lipinski definition) is 3. The van der Waals surface area contributed by atoms with Crippen molar-refractivity contribution in [2.24, 2.45) is 0 Å².